The van der Waals surface area contributed by atoms with E-state index in [0.29, 0.717) is 30.9 Å². The molecule has 0 bridgehead atoms. The van der Waals surface area contributed by atoms with Gasteiger partial charge in [0, 0.05) is 25.1 Å². The van der Waals surface area contributed by atoms with E-state index < -0.39 is 0 Å². The molecule has 2 aromatic rings. The van der Waals surface area contributed by atoms with Crippen molar-refractivity contribution >= 4 is 11.6 Å². The van der Waals surface area contributed by atoms with E-state index in [2.05, 4.69) is 10.0 Å². The van der Waals surface area contributed by atoms with Crippen molar-refractivity contribution in [3.8, 4) is 17.2 Å². The molecule has 8 heteroatoms. The molecule has 176 valence electrons. The van der Waals surface area contributed by atoms with Crippen molar-refractivity contribution in [3.63, 3.8) is 0 Å². The van der Waals surface area contributed by atoms with Crippen molar-refractivity contribution in [2.45, 2.75) is 26.0 Å². The lowest BCUT2D eigenvalue weighted by atomic mass is 10.1. The Morgan fingerprint density at radius 1 is 1.03 bits per heavy atom. The van der Waals surface area contributed by atoms with E-state index in [1.54, 1.807) is 19.2 Å². The predicted octanol–water partition coefficient (Wildman–Crippen LogP) is 2.94. The second-order valence-electron chi connectivity index (χ2n) is 8.07. The zero-order chi connectivity index (χ0) is 23.2. The number of carbonyl (C=O) groups is 1. The summed E-state index contributed by atoms with van der Waals surface area (Å²) in [6, 6.07) is 13.4. The molecule has 33 heavy (non-hydrogen) atoms. The van der Waals surface area contributed by atoms with Gasteiger partial charge in [0.1, 0.15) is 12.0 Å². The number of hydrogen-bond acceptors (Lipinski definition) is 7. The van der Waals surface area contributed by atoms with Gasteiger partial charge in [-0.15, -0.1) is 0 Å². The lowest BCUT2D eigenvalue weighted by Crippen LogP contribution is -2.44. The van der Waals surface area contributed by atoms with E-state index in [1.165, 1.54) is 0 Å². The molecule has 1 amide bonds. The molecular formula is C25H31N3O5. The Kier molecular flexibility index (Phi) is 7.47. The first-order chi connectivity index (χ1) is 16.1. The van der Waals surface area contributed by atoms with Crippen LogP contribution in [-0.4, -0.2) is 74.8 Å². The number of ether oxygens (including phenoxy) is 4. The van der Waals surface area contributed by atoms with Crippen molar-refractivity contribution in [1.29, 1.82) is 0 Å². The highest BCUT2D eigenvalue weighted by Gasteiger charge is 2.23. The van der Waals surface area contributed by atoms with Crippen molar-refractivity contribution < 1.29 is 23.7 Å². The summed E-state index contributed by atoms with van der Waals surface area (Å²) in [6.45, 7) is 5.83. The predicted molar refractivity (Wildman–Crippen MR) is 125 cm³/mol. The van der Waals surface area contributed by atoms with Gasteiger partial charge in [-0.3, -0.25) is 9.69 Å². The molecule has 1 atom stereocenters. The highest BCUT2D eigenvalue weighted by atomic mass is 16.5. The van der Waals surface area contributed by atoms with Gasteiger partial charge >= 0.3 is 0 Å². The normalized spacial score (nSPS) is 17.4. The second kappa shape index (κ2) is 10.7. The molecule has 1 fully saturated rings. The van der Waals surface area contributed by atoms with Gasteiger partial charge in [-0.05, 0) is 42.8 Å². The molecule has 0 N–H and O–H groups in total. The number of rotatable bonds is 8. The van der Waals surface area contributed by atoms with Crippen LogP contribution in [0, 0.1) is 0 Å². The zero-order valence-electron chi connectivity index (χ0n) is 19.5. The standard InChI is InChI=1S/C25H31N3O5/c1-18(27-12-14-32-15-13-27)33-21-7-4-19(5-8-21)16-25(29)28-11-10-22(26-28)20-6-9-23(30-2)24(17-20)31-3/h4-9,17-18H,10-16H2,1-3H3. The highest BCUT2D eigenvalue weighted by molar-refractivity contribution is 6.03. The molecule has 0 aliphatic carbocycles. The van der Waals surface area contributed by atoms with Gasteiger partial charge in [-0.1, -0.05) is 12.1 Å². The fourth-order valence-electron chi connectivity index (χ4n) is 4.02. The Bertz CT molecular complexity index is 986. The van der Waals surface area contributed by atoms with Crippen molar-refractivity contribution in [2.75, 3.05) is 47.1 Å². The first kappa shape index (κ1) is 23.1. The Morgan fingerprint density at radius 3 is 2.45 bits per heavy atom. The number of hydrogen-bond donors (Lipinski definition) is 0. The monoisotopic (exact) mass is 453 g/mol. The van der Waals surface area contributed by atoms with Crippen LogP contribution in [0.2, 0.25) is 0 Å². The maximum absolute atomic E-state index is 12.8. The van der Waals surface area contributed by atoms with Crippen molar-refractivity contribution in [3.05, 3.63) is 53.6 Å². The molecule has 0 aromatic heterocycles. The third-order valence-electron chi connectivity index (χ3n) is 5.95. The Balaban J connectivity index is 1.34. The molecule has 0 spiro atoms. The van der Waals surface area contributed by atoms with Crippen LogP contribution in [0.5, 0.6) is 17.2 Å². The van der Waals surface area contributed by atoms with Gasteiger partial charge in [0.2, 0.25) is 5.91 Å². The largest absolute Gasteiger partial charge is 0.493 e. The lowest BCUT2D eigenvalue weighted by molar-refractivity contribution is -0.130. The summed E-state index contributed by atoms with van der Waals surface area (Å²) in [5.41, 5.74) is 2.73. The third-order valence-corrected chi connectivity index (χ3v) is 5.95. The molecule has 8 nitrogen and oxygen atoms in total. The van der Waals surface area contributed by atoms with Crippen LogP contribution < -0.4 is 14.2 Å². The van der Waals surface area contributed by atoms with E-state index in [-0.39, 0.29) is 12.1 Å². The molecular weight excluding hydrogens is 422 g/mol. The Hall–Kier alpha value is -3.10. The van der Waals surface area contributed by atoms with E-state index in [9.17, 15) is 4.79 Å². The minimum Gasteiger partial charge on any atom is -0.493 e. The van der Waals surface area contributed by atoms with Crippen LogP contribution in [0.1, 0.15) is 24.5 Å². The number of morpholine rings is 1. The number of nitrogens with zero attached hydrogens (tertiary/aromatic N) is 3. The van der Waals surface area contributed by atoms with Crippen molar-refractivity contribution in [1.82, 2.24) is 9.91 Å². The summed E-state index contributed by atoms with van der Waals surface area (Å²) in [5, 5.41) is 6.11. The van der Waals surface area contributed by atoms with Crippen LogP contribution in [0.15, 0.2) is 47.6 Å². The minimum absolute atomic E-state index is 0.0182. The van der Waals surface area contributed by atoms with Crippen LogP contribution in [-0.2, 0) is 16.0 Å². The minimum atomic E-state index is -0.0270. The van der Waals surface area contributed by atoms with E-state index in [1.807, 2.05) is 49.4 Å². The topological polar surface area (TPSA) is 72.8 Å². The molecule has 1 unspecified atom stereocenters. The van der Waals surface area contributed by atoms with E-state index in [0.717, 1.165) is 48.9 Å². The van der Waals surface area contributed by atoms with Crippen molar-refractivity contribution in [2.24, 2.45) is 5.10 Å². The van der Waals surface area contributed by atoms with Gasteiger partial charge in [0.15, 0.2) is 11.5 Å². The lowest BCUT2D eigenvalue weighted by Gasteiger charge is -2.32. The number of hydrazone groups is 1. The van der Waals surface area contributed by atoms with E-state index >= 15 is 0 Å². The van der Waals surface area contributed by atoms with E-state index in [4.69, 9.17) is 18.9 Å². The first-order valence-electron chi connectivity index (χ1n) is 11.2. The average Bonchev–Trinajstić information content (AvgIpc) is 3.36. The summed E-state index contributed by atoms with van der Waals surface area (Å²) in [7, 11) is 3.21. The van der Waals surface area contributed by atoms with Gasteiger partial charge in [0.25, 0.3) is 0 Å². The van der Waals surface area contributed by atoms with Gasteiger partial charge in [0.05, 0.1) is 46.1 Å². The number of benzene rings is 2. The van der Waals surface area contributed by atoms with Crippen LogP contribution in [0.4, 0.5) is 0 Å². The van der Waals surface area contributed by atoms with Gasteiger partial charge in [-0.2, -0.15) is 5.10 Å². The Labute approximate surface area is 194 Å². The SMILES string of the molecule is COc1ccc(C2=NN(C(=O)Cc3ccc(OC(C)N4CCOCC4)cc3)CC2)cc1OC. The smallest absolute Gasteiger partial charge is 0.247 e. The van der Waals surface area contributed by atoms with Crippen LogP contribution >= 0.6 is 0 Å². The fraction of sp³-hybridized carbons (Fsp3) is 0.440. The summed E-state index contributed by atoms with van der Waals surface area (Å²) in [5.74, 6) is 2.08. The quantitative estimate of drug-likeness (QED) is 0.612. The molecule has 4 rings (SSSR count). The molecule has 0 saturated carbocycles. The summed E-state index contributed by atoms with van der Waals surface area (Å²) < 4.78 is 22.1. The zero-order valence-corrected chi connectivity index (χ0v) is 19.5. The summed E-state index contributed by atoms with van der Waals surface area (Å²) in [6.07, 6.45) is 0.977. The molecule has 2 aromatic carbocycles. The van der Waals surface area contributed by atoms with Gasteiger partial charge in [-0.25, -0.2) is 5.01 Å². The van der Waals surface area contributed by atoms with Crippen LogP contribution in [0.25, 0.3) is 0 Å². The first-order valence-corrected chi connectivity index (χ1v) is 11.2. The molecule has 2 heterocycles. The highest BCUT2D eigenvalue weighted by Crippen LogP contribution is 2.29. The average molecular weight is 454 g/mol. The van der Waals surface area contributed by atoms with Crippen LogP contribution in [0.3, 0.4) is 0 Å². The molecule has 2 aliphatic rings. The third kappa shape index (κ3) is 5.64. The maximum Gasteiger partial charge on any atom is 0.247 e. The number of carbonyl (C=O) groups excluding carboxylic acids is 1. The number of methoxy groups -OCH3 is 2. The second-order valence-corrected chi connectivity index (χ2v) is 8.07. The number of amides is 1. The molecule has 0 radical (unpaired) electrons. The van der Waals surface area contributed by atoms with Gasteiger partial charge < -0.3 is 18.9 Å². The fourth-order valence-corrected chi connectivity index (χ4v) is 4.02. The molecule has 1 saturated heterocycles. The maximum atomic E-state index is 12.8. The Morgan fingerprint density at radius 2 is 1.76 bits per heavy atom. The summed E-state index contributed by atoms with van der Waals surface area (Å²) in [4.78, 5) is 15.1. The summed E-state index contributed by atoms with van der Waals surface area (Å²) >= 11 is 0. The molecule has 2 aliphatic heterocycles.